The van der Waals surface area contributed by atoms with Crippen molar-refractivity contribution in [2.75, 3.05) is 19.7 Å². The van der Waals surface area contributed by atoms with Crippen LogP contribution in [0.5, 0.6) is 0 Å². The Morgan fingerprint density at radius 2 is 2.00 bits per heavy atom. The lowest BCUT2D eigenvalue weighted by atomic mass is 10.1. The molecule has 1 fully saturated rings. The summed E-state index contributed by atoms with van der Waals surface area (Å²) < 4.78 is 6.45. The van der Waals surface area contributed by atoms with Crippen molar-refractivity contribution < 1.29 is 9.53 Å². The summed E-state index contributed by atoms with van der Waals surface area (Å²) in [4.78, 5) is 18.5. The maximum absolute atomic E-state index is 12.5. The maximum atomic E-state index is 12.5. The molecule has 108 valence electrons. The third-order valence-electron chi connectivity index (χ3n) is 3.46. The first kappa shape index (κ1) is 14.2. The molecule has 1 amide bonds. The SMILES string of the molecule is O=C(c1cccc(Br)n1)N1CCOC(c2ccccc2)C1. The summed E-state index contributed by atoms with van der Waals surface area (Å²) in [5.41, 5.74) is 1.55. The standard InChI is InChI=1S/C16H15BrN2O2/c17-15-8-4-7-13(18-15)16(20)19-9-10-21-14(11-19)12-5-2-1-3-6-12/h1-8,14H,9-11H2. The summed E-state index contributed by atoms with van der Waals surface area (Å²) in [6.07, 6.45) is -0.0731. The van der Waals surface area contributed by atoms with Crippen molar-refractivity contribution >= 4 is 21.8 Å². The van der Waals surface area contributed by atoms with Crippen molar-refractivity contribution in [1.82, 2.24) is 9.88 Å². The van der Waals surface area contributed by atoms with E-state index in [2.05, 4.69) is 20.9 Å². The van der Waals surface area contributed by atoms with E-state index < -0.39 is 0 Å². The van der Waals surface area contributed by atoms with Crippen molar-refractivity contribution in [3.63, 3.8) is 0 Å². The molecule has 1 atom stereocenters. The fourth-order valence-electron chi connectivity index (χ4n) is 2.39. The van der Waals surface area contributed by atoms with Crippen LogP contribution in [0, 0.1) is 0 Å². The molecule has 0 aliphatic carbocycles. The van der Waals surface area contributed by atoms with Crippen LogP contribution in [0.2, 0.25) is 0 Å². The Morgan fingerprint density at radius 3 is 2.76 bits per heavy atom. The van der Waals surface area contributed by atoms with E-state index in [9.17, 15) is 4.79 Å². The van der Waals surface area contributed by atoms with Gasteiger partial charge in [-0.1, -0.05) is 36.4 Å². The van der Waals surface area contributed by atoms with E-state index in [1.807, 2.05) is 42.5 Å². The minimum absolute atomic E-state index is 0.0551. The Morgan fingerprint density at radius 1 is 1.19 bits per heavy atom. The Balaban J connectivity index is 1.75. The van der Waals surface area contributed by atoms with Gasteiger partial charge in [0.15, 0.2) is 0 Å². The van der Waals surface area contributed by atoms with Crippen LogP contribution in [0.15, 0.2) is 53.1 Å². The number of amides is 1. The van der Waals surface area contributed by atoms with Gasteiger partial charge in [-0.2, -0.15) is 0 Å². The minimum Gasteiger partial charge on any atom is -0.370 e. The number of hydrogen-bond donors (Lipinski definition) is 0. The second-order valence-electron chi connectivity index (χ2n) is 4.87. The molecule has 2 aromatic rings. The molecule has 2 heterocycles. The number of benzene rings is 1. The van der Waals surface area contributed by atoms with Crippen LogP contribution in [-0.4, -0.2) is 35.5 Å². The first-order valence-corrected chi connectivity index (χ1v) is 7.62. The molecule has 1 aromatic carbocycles. The first-order valence-electron chi connectivity index (χ1n) is 6.82. The third kappa shape index (κ3) is 3.31. The van der Waals surface area contributed by atoms with Gasteiger partial charge in [-0.05, 0) is 33.6 Å². The number of morpholine rings is 1. The van der Waals surface area contributed by atoms with Crippen LogP contribution in [0.4, 0.5) is 0 Å². The molecule has 1 aromatic heterocycles. The number of halogens is 1. The topological polar surface area (TPSA) is 42.4 Å². The van der Waals surface area contributed by atoms with Crippen LogP contribution < -0.4 is 0 Å². The number of carbonyl (C=O) groups is 1. The third-order valence-corrected chi connectivity index (χ3v) is 3.90. The summed E-state index contributed by atoms with van der Waals surface area (Å²) in [6, 6.07) is 15.3. The monoisotopic (exact) mass is 346 g/mol. The van der Waals surface area contributed by atoms with Gasteiger partial charge in [-0.15, -0.1) is 0 Å². The summed E-state index contributed by atoms with van der Waals surface area (Å²) in [5, 5.41) is 0. The van der Waals surface area contributed by atoms with Gasteiger partial charge in [-0.3, -0.25) is 4.79 Å². The molecule has 3 rings (SSSR count). The molecule has 1 aliphatic rings. The smallest absolute Gasteiger partial charge is 0.272 e. The van der Waals surface area contributed by atoms with Gasteiger partial charge in [0.25, 0.3) is 5.91 Å². The van der Waals surface area contributed by atoms with Crippen molar-refractivity contribution in [3.05, 3.63) is 64.4 Å². The number of nitrogens with zero attached hydrogens (tertiary/aromatic N) is 2. The summed E-state index contributed by atoms with van der Waals surface area (Å²) in [7, 11) is 0. The average Bonchev–Trinajstić information content (AvgIpc) is 2.55. The van der Waals surface area contributed by atoms with Crippen LogP contribution in [0.3, 0.4) is 0 Å². The van der Waals surface area contributed by atoms with Gasteiger partial charge < -0.3 is 9.64 Å². The molecule has 0 spiro atoms. The van der Waals surface area contributed by atoms with Gasteiger partial charge in [0, 0.05) is 6.54 Å². The van der Waals surface area contributed by atoms with Crippen molar-refractivity contribution in [2.45, 2.75) is 6.10 Å². The quantitative estimate of drug-likeness (QED) is 0.785. The highest BCUT2D eigenvalue weighted by Gasteiger charge is 2.26. The summed E-state index contributed by atoms with van der Waals surface area (Å²) >= 11 is 3.30. The van der Waals surface area contributed by atoms with Crippen molar-refractivity contribution in [1.29, 1.82) is 0 Å². The molecular formula is C16H15BrN2O2. The maximum Gasteiger partial charge on any atom is 0.272 e. The average molecular weight is 347 g/mol. The normalized spacial score (nSPS) is 18.5. The molecule has 1 unspecified atom stereocenters. The van der Waals surface area contributed by atoms with E-state index in [0.717, 1.165) is 5.56 Å². The molecule has 4 nitrogen and oxygen atoms in total. The van der Waals surface area contributed by atoms with Crippen molar-refractivity contribution in [2.24, 2.45) is 0 Å². The van der Waals surface area contributed by atoms with Gasteiger partial charge in [-0.25, -0.2) is 4.98 Å². The molecule has 0 radical (unpaired) electrons. The predicted octanol–water partition coefficient (Wildman–Crippen LogP) is 3.06. The highest BCUT2D eigenvalue weighted by atomic mass is 79.9. The fourth-order valence-corrected chi connectivity index (χ4v) is 2.74. The van der Waals surface area contributed by atoms with E-state index in [4.69, 9.17) is 4.74 Å². The molecule has 5 heteroatoms. The van der Waals surface area contributed by atoms with E-state index in [1.165, 1.54) is 0 Å². The van der Waals surface area contributed by atoms with Crippen molar-refractivity contribution in [3.8, 4) is 0 Å². The Hall–Kier alpha value is -1.72. The largest absolute Gasteiger partial charge is 0.370 e. The van der Waals surface area contributed by atoms with Gasteiger partial charge in [0.2, 0.25) is 0 Å². The second-order valence-corrected chi connectivity index (χ2v) is 5.68. The molecule has 1 aliphatic heterocycles. The highest BCUT2D eigenvalue weighted by Crippen LogP contribution is 2.23. The van der Waals surface area contributed by atoms with Crippen LogP contribution in [0.25, 0.3) is 0 Å². The number of rotatable bonds is 2. The number of ether oxygens (including phenoxy) is 1. The number of carbonyl (C=O) groups excluding carboxylic acids is 1. The minimum atomic E-state index is -0.0731. The van der Waals surface area contributed by atoms with E-state index >= 15 is 0 Å². The Kier molecular flexibility index (Phi) is 4.31. The molecule has 0 bridgehead atoms. The lowest BCUT2D eigenvalue weighted by Crippen LogP contribution is -2.42. The number of hydrogen-bond acceptors (Lipinski definition) is 3. The lowest BCUT2D eigenvalue weighted by molar-refractivity contribution is -0.0230. The van der Waals surface area contributed by atoms with Crippen LogP contribution >= 0.6 is 15.9 Å². The zero-order chi connectivity index (χ0) is 14.7. The van der Waals surface area contributed by atoms with Crippen LogP contribution in [0.1, 0.15) is 22.2 Å². The van der Waals surface area contributed by atoms with Gasteiger partial charge in [0.1, 0.15) is 16.4 Å². The highest BCUT2D eigenvalue weighted by molar-refractivity contribution is 9.10. The number of aromatic nitrogens is 1. The van der Waals surface area contributed by atoms with Gasteiger partial charge >= 0.3 is 0 Å². The predicted molar refractivity (Wildman–Crippen MR) is 83.0 cm³/mol. The van der Waals surface area contributed by atoms with E-state index in [1.54, 1.807) is 11.0 Å². The van der Waals surface area contributed by atoms with E-state index in [0.29, 0.717) is 30.0 Å². The molecule has 21 heavy (non-hydrogen) atoms. The zero-order valence-electron chi connectivity index (χ0n) is 11.4. The molecule has 0 saturated carbocycles. The zero-order valence-corrected chi connectivity index (χ0v) is 13.0. The number of pyridine rings is 1. The first-order chi connectivity index (χ1) is 10.2. The fraction of sp³-hybridized carbons (Fsp3) is 0.250. The Labute approximate surface area is 131 Å². The Bertz CT molecular complexity index is 633. The van der Waals surface area contributed by atoms with Gasteiger partial charge in [0.05, 0.1) is 13.2 Å². The molecule has 1 saturated heterocycles. The van der Waals surface area contributed by atoms with E-state index in [-0.39, 0.29) is 12.0 Å². The lowest BCUT2D eigenvalue weighted by Gasteiger charge is -2.33. The summed E-state index contributed by atoms with van der Waals surface area (Å²) in [5.74, 6) is -0.0551. The molecular weight excluding hydrogens is 332 g/mol. The second kappa shape index (κ2) is 6.37. The molecule has 0 N–H and O–H groups in total. The summed E-state index contributed by atoms with van der Waals surface area (Å²) in [6.45, 7) is 1.69. The van der Waals surface area contributed by atoms with Crippen LogP contribution in [-0.2, 0) is 4.74 Å².